The van der Waals surface area contributed by atoms with Gasteiger partial charge in [-0.25, -0.2) is 15.2 Å². The number of hydrazine groups is 2. The lowest BCUT2D eigenvalue weighted by molar-refractivity contribution is 0.298. The number of aliphatic imine (C=N–C) groups is 1. The number of fused-ring (bicyclic) bond motifs is 1. The third-order valence-electron chi connectivity index (χ3n) is 5.45. The molecule has 4 N–H and O–H groups in total. The molecule has 0 amide bonds. The number of piperazine rings is 1. The van der Waals surface area contributed by atoms with Crippen molar-refractivity contribution >= 4 is 17.7 Å². The van der Waals surface area contributed by atoms with E-state index in [4.69, 9.17) is 5.84 Å². The van der Waals surface area contributed by atoms with E-state index < -0.39 is 0 Å². The summed E-state index contributed by atoms with van der Waals surface area (Å²) in [4.78, 5) is 6.57. The van der Waals surface area contributed by atoms with Gasteiger partial charge in [0, 0.05) is 56.8 Å². The van der Waals surface area contributed by atoms with Crippen LogP contribution in [0.1, 0.15) is 11.1 Å². The maximum absolute atomic E-state index is 15.4. The first-order valence-corrected chi connectivity index (χ1v) is 9.90. The van der Waals surface area contributed by atoms with E-state index in [0.29, 0.717) is 17.8 Å². The maximum Gasteiger partial charge on any atom is 0.151 e. The second-order valence-electron chi connectivity index (χ2n) is 7.52. The first kappa shape index (κ1) is 18.6. The standard InChI is InChI=1S/C20H24FN9/c1-27-10-15(9-25-27)19-20-17(12-29(22)13-24-20)30(26-19)11-14-3-2-4-16(18(14)21)28-7-5-23-6-8-28/h2-4,9-10,12-13,23,26H,5-8,11,22H2,1H3. The second kappa shape index (κ2) is 7.47. The number of benzene rings is 1. The first-order chi connectivity index (χ1) is 14.6. The number of aromatic nitrogens is 2. The molecule has 0 saturated carbocycles. The minimum absolute atomic E-state index is 0.193. The fraction of sp³-hybridized carbons (Fsp3) is 0.300. The van der Waals surface area contributed by atoms with Gasteiger partial charge in [-0.05, 0) is 6.07 Å². The minimum Gasteiger partial charge on any atom is -0.367 e. The zero-order valence-corrected chi connectivity index (χ0v) is 16.7. The molecule has 2 aromatic rings. The van der Waals surface area contributed by atoms with Gasteiger partial charge in [0.1, 0.15) is 17.7 Å². The summed E-state index contributed by atoms with van der Waals surface area (Å²) in [7, 11) is 1.86. The van der Waals surface area contributed by atoms with Crippen molar-refractivity contribution in [3.8, 4) is 0 Å². The van der Waals surface area contributed by atoms with Gasteiger partial charge < -0.3 is 10.2 Å². The predicted molar refractivity (Wildman–Crippen MR) is 113 cm³/mol. The summed E-state index contributed by atoms with van der Waals surface area (Å²) in [6, 6.07) is 5.57. The number of hydrogen-bond acceptors (Lipinski definition) is 8. The number of nitrogens with two attached hydrogens (primary N) is 1. The molecule has 1 saturated heterocycles. The van der Waals surface area contributed by atoms with Gasteiger partial charge in [-0.2, -0.15) is 5.10 Å². The van der Waals surface area contributed by atoms with Crippen LogP contribution in [0.4, 0.5) is 10.1 Å². The van der Waals surface area contributed by atoms with Gasteiger partial charge in [-0.1, -0.05) is 12.1 Å². The summed E-state index contributed by atoms with van der Waals surface area (Å²) in [6.45, 7) is 3.63. The van der Waals surface area contributed by atoms with Gasteiger partial charge in [0.25, 0.3) is 0 Å². The van der Waals surface area contributed by atoms with Crippen molar-refractivity contribution < 1.29 is 4.39 Å². The molecule has 0 radical (unpaired) electrons. The molecule has 156 valence electrons. The summed E-state index contributed by atoms with van der Waals surface area (Å²) in [6.07, 6.45) is 7.00. The topological polar surface area (TPSA) is 90.0 Å². The van der Waals surface area contributed by atoms with Crippen LogP contribution >= 0.6 is 0 Å². The normalized spacial score (nSPS) is 18.6. The molecule has 1 aromatic heterocycles. The predicted octanol–water partition coefficient (Wildman–Crippen LogP) is 0.717. The number of aryl methyl sites for hydroxylation is 1. The van der Waals surface area contributed by atoms with Crippen molar-refractivity contribution in [3.63, 3.8) is 0 Å². The number of halogens is 1. The summed E-state index contributed by atoms with van der Waals surface area (Å²) in [5, 5.41) is 10.8. The highest BCUT2D eigenvalue weighted by molar-refractivity contribution is 5.77. The van der Waals surface area contributed by atoms with Crippen molar-refractivity contribution in [2.45, 2.75) is 6.54 Å². The fourth-order valence-corrected chi connectivity index (χ4v) is 3.95. The van der Waals surface area contributed by atoms with Crippen LogP contribution in [0.25, 0.3) is 5.70 Å². The highest BCUT2D eigenvalue weighted by atomic mass is 19.1. The third-order valence-corrected chi connectivity index (χ3v) is 5.45. The Morgan fingerprint density at radius 2 is 2.07 bits per heavy atom. The molecule has 3 aliphatic heterocycles. The number of hydrogen-bond donors (Lipinski definition) is 3. The Bertz CT molecular complexity index is 1050. The molecule has 1 fully saturated rings. The van der Waals surface area contributed by atoms with Crippen molar-refractivity contribution in [1.82, 2.24) is 30.5 Å². The second-order valence-corrected chi connectivity index (χ2v) is 7.52. The highest BCUT2D eigenvalue weighted by Gasteiger charge is 2.31. The average Bonchev–Trinajstić information content (AvgIpc) is 3.33. The molecule has 4 heterocycles. The monoisotopic (exact) mass is 409 g/mol. The van der Waals surface area contributed by atoms with Gasteiger partial charge >= 0.3 is 0 Å². The van der Waals surface area contributed by atoms with E-state index in [-0.39, 0.29) is 5.82 Å². The zero-order valence-electron chi connectivity index (χ0n) is 16.7. The Hall–Kier alpha value is -3.37. The van der Waals surface area contributed by atoms with E-state index in [0.717, 1.165) is 48.8 Å². The van der Waals surface area contributed by atoms with E-state index in [1.165, 1.54) is 5.01 Å². The summed E-state index contributed by atoms with van der Waals surface area (Å²) < 4.78 is 17.1. The van der Waals surface area contributed by atoms with E-state index in [9.17, 15) is 0 Å². The summed E-state index contributed by atoms with van der Waals surface area (Å²) >= 11 is 0. The smallest absolute Gasteiger partial charge is 0.151 e. The van der Waals surface area contributed by atoms with E-state index in [1.54, 1.807) is 23.4 Å². The molecule has 1 aromatic carbocycles. The number of nitrogens with one attached hydrogen (secondary N) is 2. The molecule has 10 heteroatoms. The van der Waals surface area contributed by atoms with Crippen molar-refractivity contribution in [2.24, 2.45) is 17.9 Å². The van der Waals surface area contributed by atoms with Crippen LogP contribution < -0.4 is 21.5 Å². The van der Waals surface area contributed by atoms with Crippen molar-refractivity contribution in [1.29, 1.82) is 0 Å². The van der Waals surface area contributed by atoms with Crippen LogP contribution in [-0.4, -0.2) is 52.3 Å². The fourth-order valence-electron chi connectivity index (χ4n) is 3.95. The third kappa shape index (κ3) is 3.29. The van der Waals surface area contributed by atoms with Crippen molar-refractivity contribution in [2.75, 3.05) is 31.1 Å². The molecule has 3 aliphatic rings. The average molecular weight is 409 g/mol. The van der Waals surface area contributed by atoms with Gasteiger partial charge in [0.05, 0.1) is 24.1 Å². The highest BCUT2D eigenvalue weighted by Crippen LogP contribution is 2.34. The van der Waals surface area contributed by atoms with Crippen LogP contribution in [0.5, 0.6) is 0 Å². The SMILES string of the molecule is Cn1cc(C2=C3N=CN(N)C=C3N(Cc3cccc(N4CCNCC4)c3F)N2)cn1. The summed E-state index contributed by atoms with van der Waals surface area (Å²) in [5.41, 5.74) is 7.86. The summed E-state index contributed by atoms with van der Waals surface area (Å²) in [5.74, 6) is 5.72. The van der Waals surface area contributed by atoms with Crippen LogP contribution in [0.15, 0.2) is 53.2 Å². The van der Waals surface area contributed by atoms with E-state index in [2.05, 4.69) is 25.7 Å². The Morgan fingerprint density at radius 1 is 1.23 bits per heavy atom. The molecular formula is C20H24FN9. The van der Waals surface area contributed by atoms with Gasteiger partial charge in [0.15, 0.2) is 5.82 Å². The van der Waals surface area contributed by atoms with Gasteiger partial charge in [-0.3, -0.25) is 20.1 Å². The molecule has 0 bridgehead atoms. The molecule has 9 nitrogen and oxygen atoms in total. The molecule has 0 spiro atoms. The molecule has 0 aliphatic carbocycles. The Kier molecular flexibility index (Phi) is 4.64. The molecule has 0 atom stereocenters. The zero-order chi connectivity index (χ0) is 20.7. The first-order valence-electron chi connectivity index (χ1n) is 9.90. The molecular weight excluding hydrogens is 385 g/mol. The van der Waals surface area contributed by atoms with Crippen LogP contribution in [0, 0.1) is 5.82 Å². The molecule has 5 rings (SSSR count). The van der Waals surface area contributed by atoms with Gasteiger partial charge in [0.2, 0.25) is 0 Å². The van der Waals surface area contributed by atoms with Crippen LogP contribution in [-0.2, 0) is 13.6 Å². The van der Waals surface area contributed by atoms with Crippen molar-refractivity contribution in [3.05, 3.63) is 65.1 Å². The largest absolute Gasteiger partial charge is 0.367 e. The number of nitrogens with zero attached hydrogens (tertiary/aromatic N) is 6. The lowest BCUT2D eigenvalue weighted by Gasteiger charge is -2.31. The Morgan fingerprint density at radius 3 is 2.83 bits per heavy atom. The number of anilines is 1. The van der Waals surface area contributed by atoms with Crippen LogP contribution in [0.3, 0.4) is 0 Å². The Balaban J connectivity index is 1.44. The molecule has 30 heavy (non-hydrogen) atoms. The lowest BCUT2D eigenvalue weighted by Crippen LogP contribution is -2.44. The van der Waals surface area contributed by atoms with Crippen LogP contribution in [0.2, 0.25) is 0 Å². The lowest BCUT2D eigenvalue weighted by atomic mass is 10.1. The number of rotatable bonds is 4. The van der Waals surface area contributed by atoms with E-state index >= 15 is 4.39 Å². The Labute approximate surface area is 173 Å². The van der Waals surface area contributed by atoms with E-state index in [1.807, 2.05) is 36.5 Å². The minimum atomic E-state index is -0.193. The maximum atomic E-state index is 15.4. The molecule has 0 unspecified atom stereocenters. The van der Waals surface area contributed by atoms with Gasteiger partial charge in [-0.15, -0.1) is 0 Å². The quantitative estimate of drug-likeness (QED) is 0.641.